The van der Waals surface area contributed by atoms with E-state index in [4.69, 9.17) is 0 Å². The van der Waals surface area contributed by atoms with Gasteiger partial charge in [-0.1, -0.05) is 48.5 Å². The monoisotopic (exact) mass is 327 g/mol. The summed E-state index contributed by atoms with van der Waals surface area (Å²) in [5, 5.41) is 9.34. The normalized spacial score (nSPS) is 10.7. The van der Waals surface area contributed by atoms with Crippen LogP contribution in [-0.4, -0.2) is 15.7 Å². The summed E-state index contributed by atoms with van der Waals surface area (Å²) in [6.07, 6.45) is 3.67. The molecule has 1 aromatic heterocycles. The number of aromatic nitrogens is 2. The molecule has 0 radical (unpaired) electrons. The third-order valence-electron chi connectivity index (χ3n) is 4.16. The summed E-state index contributed by atoms with van der Waals surface area (Å²) in [4.78, 5) is 12.6. The lowest BCUT2D eigenvalue weighted by Crippen LogP contribution is -2.12. The molecule has 4 aromatic rings. The van der Waals surface area contributed by atoms with Gasteiger partial charge in [-0.25, -0.2) is 0 Å². The van der Waals surface area contributed by atoms with Crippen molar-refractivity contribution in [3.05, 3.63) is 96.3 Å². The number of fused-ring (bicyclic) bond motifs is 1. The van der Waals surface area contributed by atoms with Gasteiger partial charge in [0.2, 0.25) is 0 Å². The topological polar surface area (TPSA) is 46.9 Å². The summed E-state index contributed by atoms with van der Waals surface area (Å²) >= 11 is 0. The van der Waals surface area contributed by atoms with Gasteiger partial charge in [-0.2, -0.15) is 5.10 Å². The first-order chi connectivity index (χ1) is 12.3. The minimum atomic E-state index is -0.109. The maximum atomic E-state index is 12.6. The SMILES string of the molecule is O=C(Nc1cccc2ccccc12)c1ccc(Cn2cccn2)cc1. The number of carbonyl (C=O) groups excluding carboxylic acids is 1. The fourth-order valence-electron chi connectivity index (χ4n) is 2.87. The Kier molecular flexibility index (Phi) is 4.01. The van der Waals surface area contributed by atoms with Crippen LogP contribution in [0.3, 0.4) is 0 Å². The average molecular weight is 327 g/mol. The van der Waals surface area contributed by atoms with E-state index in [2.05, 4.69) is 10.4 Å². The molecule has 1 amide bonds. The van der Waals surface area contributed by atoms with E-state index in [-0.39, 0.29) is 5.91 Å². The first-order valence-electron chi connectivity index (χ1n) is 8.15. The summed E-state index contributed by atoms with van der Waals surface area (Å²) in [5.74, 6) is -0.109. The summed E-state index contributed by atoms with van der Waals surface area (Å²) in [7, 11) is 0. The van der Waals surface area contributed by atoms with Crippen molar-refractivity contribution in [1.82, 2.24) is 9.78 Å². The number of nitrogens with one attached hydrogen (secondary N) is 1. The van der Waals surface area contributed by atoms with Gasteiger partial charge in [-0.3, -0.25) is 9.48 Å². The fraction of sp³-hybridized carbons (Fsp3) is 0.0476. The molecular weight excluding hydrogens is 310 g/mol. The Morgan fingerprint density at radius 1 is 0.920 bits per heavy atom. The number of rotatable bonds is 4. The van der Waals surface area contributed by atoms with Gasteiger partial charge in [0.1, 0.15) is 0 Å². The zero-order chi connectivity index (χ0) is 17.1. The van der Waals surface area contributed by atoms with Crippen molar-refractivity contribution in [3.8, 4) is 0 Å². The van der Waals surface area contributed by atoms with Crippen molar-refractivity contribution in [2.45, 2.75) is 6.54 Å². The number of benzene rings is 3. The largest absolute Gasteiger partial charge is 0.321 e. The molecule has 4 rings (SSSR count). The number of hydrogen-bond acceptors (Lipinski definition) is 2. The van der Waals surface area contributed by atoms with Crippen molar-refractivity contribution in [3.63, 3.8) is 0 Å². The standard InChI is InChI=1S/C21H17N3O/c25-21(23-20-8-3-6-17-5-1-2-7-19(17)20)18-11-9-16(10-12-18)15-24-14-4-13-22-24/h1-14H,15H2,(H,23,25). The van der Waals surface area contributed by atoms with Crippen LogP contribution in [0.2, 0.25) is 0 Å². The van der Waals surface area contributed by atoms with E-state index in [1.54, 1.807) is 6.20 Å². The molecule has 4 nitrogen and oxygen atoms in total. The molecule has 3 aromatic carbocycles. The molecule has 0 atom stereocenters. The van der Waals surface area contributed by atoms with E-state index in [1.165, 1.54) is 0 Å². The maximum Gasteiger partial charge on any atom is 0.255 e. The highest BCUT2D eigenvalue weighted by atomic mass is 16.1. The van der Waals surface area contributed by atoms with E-state index in [0.29, 0.717) is 12.1 Å². The minimum Gasteiger partial charge on any atom is -0.321 e. The smallest absolute Gasteiger partial charge is 0.255 e. The highest BCUT2D eigenvalue weighted by Gasteiger charge is 2.08. The number of carbonyl (C=O) groups is 1. The number of nitrogens with zero attached hydrogens (tertiary/aromatic N) is 2. The molecule has 0 aliphatic heterocycles. The summed E-state index contributed by atoms with van der Waals surface area (Å²) in [5.41, 5.74) is 2.56. The molecule has 122 valence electrons. The van der Waals surface area contributed by atoms with Crippen LogP contribution in [-0.2, 0) is 6.54 Å². The summed E-state index contributed by atoms with van der Waals surface area (Å²) in [6, 6.07) is 23.4. The van der Waals surface area contributed by atoms with E-state index in [1.807, 2.05) is 83.7 Å². The van der Waals surface area contributed by atoms with Crippen molar-refractivity contribution in [2.24, 2.45) is 0 Å². The fourth-order valence-corrected chi connectivity index (χ4v) is 2.87. The van der Waals surface area contributed by atoms with Crippen LogP contribution in [0.4, 0.5) is 5.69 Å². The minimum absolute atomic E-state index is 0.109. The quantitative estimate of drug-likeness (QED) is 0.606. The highest BCUT2D eigenvalue weighted by Crippen LogP contribution is 2.23. The zero-order valence-corrected chi connectivity index (χ0v) is 13.6. The van der Waals surface area contributed by atoms with Crippen LogP contribution in [0.15, 0.2) is 85.2 Å². The van der Waals surface area contributed by atoms with Crippen LogP contribution in [0.1, 0.15) is 15.9 Å². The summed E-state index contributed by atoms with van der Waals surface area (Å²) < 4.78 is 1.85. The van der Waals surface area contributed by atoms with Crippen LogP contribution in [0.25, 0.3) is 10.8 Å². The van der Waals surface area contributed by atoms with Crippen molar-refractivity contribution in [1.29, 1.82) is 0 Å². The molecule has 0 aliphatic rings. The third-order valence-corrected chi connectivity index (χ3v) is 4.16. The Hall–Kier alpha value is -3.40. The van der Waals surface area contributed by atoms with Crippen LogP contribution >= 0.6 is 0 Å². The number of anilines is 1. The Balaban J connectivity index is 1.52. The first-order valence-corrected chi connectivity index (χ1v) is 8.15. The summed E-state index contributed by atoms with van der Waals surface area (Å²) in [6.45, 7) is 0.693. The second kappa shape index (κ2) is 6.61. The van der Waals surface area contributed by atoms with Crippen LogP contribution < -0.4 is 5.32 Å². The highest BCUT2D eigenvalue weighted by molar-refractivity contribution is 6.09. The van der Waals surface area contributed by atoms with E-state index >= 15 is 0 Å². The molecule has 0 saturated carbocycles. The molecule has 0 unspecified atom stereocenters. The predicted octanol–water partition coefficient (Wildman–Crippen LogP) is 4.34. The second-order valence-corrected chi connectivity index (χ2v) is 5.88. The van der Waals surface area contributed by atoms with Crippen molar-refractivity contribution < 1.29 is 4.79 Å². The Morgan fingerprint density at radius 3 is 2.52 bits per heavy atom. The van der Waals surface area contributed by atoms with Gasteiger partial charge >= 0.3 is 0 Å². The lowest BCUT2D eigenvalue weighted by molar-refractivity contribution is 0.102. The van der Waals surface area contributed by atoms with E-state index in [9.17, 15) is 4.79 Å². The lowest BCUT2D eigenvalue weighted by Gasteiger charge is -2.09. The molecule has 1 N–H and O–H groups in total. The van der Waals surface area contributed by atoms with Crippen molar-refractivity contribution >= 4 is 22.4 Å². The van der Waals surface area contributed by atoms with Gasteiger partial charge in [0.05, 0.1) is 6.54 Å². The van der Waals surface area contributed by atoms with Crippen LogP contribution in [0.5, 0.6) is 0 Å². The molecule has 0 aliphatic carbocycles. The molecule has 0 fully saturated rings. The van der Waals surface area contributed by atoms with Gasteiger partial charge in [-0.05, 0) is 35.2 Å². The van der Waals surface area contributed by atoms with E-state index < -0.39 is 0 Å². The average Bonchev–Trinajstić information content (AvgIpc) is 3.16. The van der Waals surface area contributed by atoms with Gasteiger partial charge in [0, 0.05) is 29.0 Å². The predicted molar refractivity (Wildman–Crippen MR) is 99.7 cm³/mol. The first kappa shape index (κ1) is 15.1. The molecule has 0 saturated heterocycles. The maximum absolute atomic E-state index is 12.6. The van der Waals surface area contributed by atoms with Gasteiger partial charge in [0.25, 0.3) is 5.91 Å². The van der Waals surface area contributed by atoms with Gasteiger partial charge in [-0.15, -0.1) is 0 Å². The van der Waals surface area contributed by atoms with E-state index in [0.717, 1.165) is 22.0 Å². The Morgan fingerprint density at radius 2 is 1.72 bits per heavy atom. The number of hydrogen-bond donors (Lipinski definition) is 1. The third kappa shape index (κ3) is 3.28. The lowest BCUT2D eigenvalue weighted by atomic mass is 10.1. The van der Waals surface area contributed by atoms with Crippen LogP contribution in [0, 0.1) is 0 Å². The molecular formula is C21H17N3O. The molecule has 25 heavy (non-hydrogen) atoms. The Labute approximate surface area is 145 Å². The second-order valence-electron chi connectivity index (χ2n) is 5.88. The van der Waals surface area contributed by atoms with Gasteiger partial charge in [0.15, 0.2) is 0 Å². The Bertz CT molecular complexity index is 1000. The number of amides is 1. The molecule has 4 heteroatoms. The zero-order valence-electron chi connectivity index (χ0n) is 13.6. The molecule has 1 heterocycles. The molecule has 0 spiro atoms. The molecule has 0 bridgehead atoms. The van der Waals surface area contributed by atoms with Gasteiger partial charge < -0.3 is 5.32 Å². The van der Waals surface area contributed by atoms with Crippen molar-refractivity contribution in [2.75, 3.05) is 5.32 Å².